The molecule has 1 aromatic heterocycles. The molecule has 0 aliphatic carbocycles. The van der Waals surface area contributed by atoms with Gasteiger partial charge >= 0.3 is 6.09 Å². The number of hydrogen-bond donors (Lipinski definition) is 0. The van der Waals surface area contributed by atoms with Crippen LogP contribution in [0.1, 0.15) is 27.2 Å². The van der Waals surface area contributed by atoms with Crippen LogP contribution in [0, 0.1) is 0 Å². The maximum absolute atomic E-state index is 13.8. The van der Waals surface area contributed by atoms with E-state index in [0.29, 0.717) is 18.8 Å². The van der Waals surface area contributed by atoms with E-state index in [1.807, 2.05) is 25.7 Å². The molecule has 1 aliphatic rings. The van der Waals surface area contributed by atoms with E-state index in [0.717, 1.165) is 0 Å². The van der Waals surface area contributed by atoms with Crippen LogP contribution in [0.4, 0.5) is 15.0 Å². The van der Waals surface area contributed by atoms with Crippen LogP contribution in [0.3, 0.4) is 0 Å². The number of nitrogens with zero attached hydrogens (tertiary/aromatic N) is 4. The van der Waals surface area contributed by atoms with Crippen molar-refractivity contribution >= 4 is 11.9 Å². The number of anilines is 1. The Morgan fingerprint density at radius 1 is 1.55 bits per heavy atom. The Hall–Kier alpha value is -1.92. The summed E-state index contributed by atoms with van der Waals surface area (Å²) in [4.78, 5) is 23.5. The number of carbonyl (C=O) groups excluding carboxylic acids is 1. The molecule has 0 saturated carbocycles. The molecule has 7 heteroatoms. The summed E-state index contributed by atoms with van der Waals surface area (Å²) in [6, 6.07) is 1.63. The average molecular weight is 310 g/mol. The minimum absolute atomic E-state index is 0.123. The summed E-state index contributed by atoms with van der Waals surface area (Å²) < 4.78 is 19.1. The lowest BCUT2D eigenvalue weighted by atomic mass is 10.2. The molecule has 1 amide bonds. The highest BCUT2D eigenvalue weighted by atomic mass is 19.1. The van der Waals surface area contributed by atoms with Gasteiger partial charge in [0.25, 0.3) is 0 Å². The van der Waals surface area contributed by atoms with Crippen molar-refractivity contribution in [1.29, 1.82) is 0 Å². The molecular formula is C15H23FN4O2. The van der Waals surface area contributed by atoms with E-state index >= 15 is 0 Å². The van der Waals surface area contributed by atoms with Gasteiger partial charge in [-0.1, -0.05) is 0 Å². The summed E-state index contributed by atoms with van der Waals surface area (Å²) in [5.41, 5.74) is -0.546. The van der Waals surface area contributed by atoms with Gasteiger partial charge in [-0.05, 0) is 26.8 Å². The lowest BCUT2D eigenvalue weighted by Gasteiger charge is -2.30. The van der Waals surface area contributed by atoms with E-state index in [1.54, 1.807) is 19.3 Å². The largest absolute Gasteiger partial charge is 0.444 e. The van der Waals surface area contributed by atoms with E-state index in [-0.39, 0.29) is 12.6 Å². The first-order valence-electron chi connectivity index (χ1n) is 7.37. The first-order chi connectivity index (χ1) is 10.3. The molecule has 2 atom stereocenters. The molecule has 0 bridgehead atoms. The molecule has 0 aromatic carbocycles. The molecule has 2 rings (SSSR count). The van der Waals surface area contributed by atoms with Gasteiger partial charge in [0.2, 0.25) is 0 Å². The van der Waals surface area contributed by atoms with Gasteiger partial charge in [-0.2, -0.15) is 0 Å². The standard InChI is InChI=1S/C15H23FN4O2/c1-15(2,3)22-14(21)19(4)9-12-7-11(16)8-20(12)13-5-6-17-10-18-13/h5-6,10-12H,7-9H2,1-4H3/t11-,12-/m0/s1. The lowest BCUT2D eigenvalue weighted by molar-refractivity contribution is 0.0289. The molecule has 0 spiro atoms. The highest BCUT2D eigenvalue weighted by molar-refractivity contribution is 5.67. The molecule has 0 radical (unpaired) electrons. The fourth-order valence-corrected chi connectivity index (χ4v) is 2.50. The van der Waals surface area contributed by atoms with Crippen molar-refractivity contribution in [2.45, 2.75) is 45.0 Å². The number of rotatable bonds is 3. The van der Waals surface area contributed by atoms with Crippen molar-refractivity contribution in [3.8, 4) is 0 Å². The van der Waals surface area contributed by atoms with E-state index in [4.69, 9.17) is 4.74 Å². The van der Waals surface area contributed by atoms with Gasteiger partial charge in [-0.25, -0.2) is 19.2 Å². The van der Waals surface area contributed by atoms with Crippen LogP contribution in [0.15, 0.2) is 18.6 Å². The second-order valence-electron chi connectivity index (χ2n) is 6.57. The Labute approximate surface area is 130 Å². The molecule has 1 saturated heterocycles. The van der Waals surface area contributed by atoms with Gasteiger partial charge in [-0.3, -0.25) is 0 Å². The third-order valence-corrected chi connectivity index (χ3v) is 3.41. The van der Waals surface area contributed by atoms with Crippen molar-refractivity contribution in [2.75, 3.05) is 25.0 Å². The highest BCUT2D eigenvalue weighted by Crippen LogP contribution is 2.26. The topological polar surface area (TPSA) is 58.6 Å². The van der Waals surface area contributed by atoms with E-state index in [2.05, 4.69) is 9.97 Å². The normalized spacial score (nSPS) is 21.8. The highest BCUT2D eigenvalue weighted by Gasteiger charge is 2.35. The monoisotopic (exact) mass is 310 g/mol. The molecule has 0 unspecified atom stereocenters. The zero-order valence-electron chi connectivity index (χ0n) is 13.5. The summed E-state index contributed by atoms with van der Waals surface area (Å²) >= 11 is 0. The van der Waals surface area contributed by atoms with Crippen LogP contribution in [-0.4, -0.2) is 58.9 Å². The molecule has 2 heterocycles. The first kappa shape index (κ1) is 16.5. The Kier molecular flexibility index (Phi) is 4.83. The van der Waals surface area contributed by atoms with E-state index in [1.165, 1.54) is 11.2 Å². The van der Waals surface area contributed by atoms with Crippen LogP contribution >= 0.6 is 0 Å². The summed E-state index contributed by atoms with van der Waals surface area (Å²) in [7, 11) is 1.66. The minimum atomic E-state index is -0.924. The number of likely N-dealkylation sites (N-methyl/N-ethyl adjacent to an activating group) is 1. The van der Waals surface area contributed by atoms with Crippen LogP contribution < -0.4 is 4.90 Å². The average Bonchev–Trinajstić information content (AvgIpc) is 2.78. The molecule has 122 valence electrons. The Morgan fingerprint density at radius 2 is 2.27 bits per heavy atom. The van der Waals surface area contributed by atoms with Gasteiger partial charge in [0.05, 0.1) is 12.6 Å². The summed E-state index contributed by atoms with van der Waals surface area (Å²) in [6.07, 6.45) is 2.11. The second kappa shape index (κ2) is 6.46. The van der Waals surface area contributed by atoms with Crippen molar-refractivity contribution < 1.29 is 13.9 Å². The molecular weight excluding hydrogens is 287 g/mol. The molecule has 1 aromatic rings. The van der Waals surface area contributed by atoms with Crippen LogP contribution in [0.2, 0.25) is 0 Å². The smallest absolute Gasteiger partial charge is 0.410 e. The summed E-state index contributed by atoms with van der Waals surface area (Å²) in [5.74, 6) is 0.678. The van der Waals surface area contributed by atoms with Gasteiger partial charge < -0.3 is 14.5 Å². The predicted octanol–water partition coefficient (Wildman–Crippen LogP) is 2.26. The maximum Gasteiger partial charge on any atom is 0.410 e. The third kappa shape index (κ3) is 4.29. The molecule has 1 fully saturated rings. The van der Waals surface area contributed by atoms with Crippen molar-refractivity contribution in [1.82, 2.24) is 14.9 Å². The number of halogens is 1. The number of carbonyl (C=O) groups is 1. The van der Waals surface area contributed by atoms with Gasteiger partial charge in [0, 0.05) is 26.2 Å². The van der Waals surface area contributed by atoms with Crippen LogP contribution in [0.25, 0.3) is 0 Å². The molecule has 6 nitrogen and oxygen atoms in total. The molecule has 1 aliphatic heterocycles. The van der Waals surface area contributed by atoms with Crippen LogP contribution in [-0.2, 0) is 4.74 Å². The minimum Gasteiger partial charge on any atom is -0.444 e. The van der Waals surface area contributed by atoms with E-state index in [9.17, 15) is 9.18 Å². The number of alkyl halides is 1. The SMILES string of the molecule is CN(C[C@@H]1C[C@H](F)CN1c1ccncn1)C(=O)OC(C)(C)C. The van der Waals surface area contributed by atoms with Gasteiger partial charge in [0.15, 0.2) is 0 Å². The number of aromatic nitrogens is 2. The van der Waals surface area contributed by atoms with Crippen molar-refractivity contribution in [3.05, 3.63) is 18.6 Å². The lowest BCUT2D eigenvalue weighted by Crippen LogP contribution is -2.43. The first-order valence-corrected chi connectivity index (χ1v) is 7.37. The second-order valence-corrected chi connectivity index (χ2v) is 6.57. The van der Waals surface area contributed by atoms with Crippen molar-refractivity contribution in [3.63, 3.8) is 0 Å². The maximum atomic E-state index is 13.8. The summed E-state index contributed by atoms with van der Waals surface area (Å²) in [6.45, 7) is 6.13. The summed E-state index contributed by atoms with van der Waals surface area (Å²) in [5, 5.41) is 0. The quantitative estimate of drug-likeness (QED) is 0.857. The third-order valence-electron chi connectivity index (χ3n) is 3.41. The molecule has 22 heavy (non-hydrogen) atoms. The Balaban J connectivity index is 2.02. The number of ether oxygens (including phenoxy) is 1. The van der Waals surface area contributed by atoms with Crippen LogP contribution in [0.5, 0.6) is 0 Å². The molecule has 0 N–H and O–H groups in total. The fraction of sp³-hybridized carbons (Fsp3) is 0.667. The number of hydrogen-bond acceptors (Lipinski definition) is 5. The fourth-order valence-electron chi connectivity index (χ4n) is 2.50. The Bertz CT molecular complexity index is 506. The van der Waals surface area contributed by atoms with Gasteiger partial charge in [-0.15, -0.1) is 0 Å². The van der Waals surface area contributed by atoms with E-state index < -0.39 is 17.9 Å². The zero-order chi connectivity index (χ0) is 16.3. The Morgan fingerprint density at radius 3 is 2.86 bits per heavy atom. The van der Waals surface area contributed by atoms with Crippen molar-refractivity contribution in [2.24, 2.45) is 0 Å². The van der Waals surface area contributed by atoms with Gasteiger partial charge in [0.1, 0.15) is 23.9 Å². The predicted molar refractivity (Wildman–Crippen MR) is 81.5 cm³/mol. The zero-order valence-corrected chi connectivity index (χ0v) is 13.5. The number of amides is 1.